The molecule has 6 nitrogen and oxygen atoms in total. The quantitative estimate of drug-likeness (QED) is 0.221. The Kier molecular flexibility index (Phi) is 11.9. The average Bonchev–Trinajstić information content (AvgIpc) is 2.08. The summed E-state index contributed by atoms with van der Waals surface area (Å²) in [6, 6.07) is -0.716. The minimum Gasteiger partial charge on any atom is -0.480 e. The third-order valence-corrected chi connectivity index (χ3v) is 1.29. The summed E-state index contributed by atoms with van der Waals surface area (Å²) in [6.07, 6.45) is 2.16. The monoisotopic (exact) mass is 180 g/mol. The second kappa shape index (κ2) is 10.3. The lowest BCUT2D eigenvalue weighted by Gasteiger charge is -2.03. The number of rotatable bonds is 5. The molecule has 0 aliphatic carbocycles. The molecule has 0 amide bonds. The molecule has 0 heterocycles. The second-order valence-electron chi connectivity index (χ2n) is 2.23. The van der Waals surface area contributed by atoms with Crippen LogP contribution in [0.2, 0.25) is 0 Å². The Morgan fingerprint density at radius 3 is 2.17 bits per heavy atom. The van der Waals surface area contributed by atoms with Crippen molar-refractivity contribution < 1.29 is 20.4 Å². The van der Waals surface area contributed by atoms with Crippen LogP contribution in [0.3, 0.4) is 0 Å². The summed E-state index contributed by atoms with van der Waals surface area (Å²) >= 11 is 0. The van der Waals surface area contributed by atoms with E-state index in [-0.39, 0.29) is 0 Å². The van der Waals surface area contributed by atoms with Crippen molar-refractivity contribution in [3.8, 4) is 0 Å². The molecule has 0 radical (unpaired) electrons. The first-order valence-corrected chi connectivity index (χ1v) is 3.57. The molecule has 0 fully saturated rings. The Hall–Kier alpha value is -0.690. The Balaban J connectivity index is 0. The lowest BCUT2D eigenvalue weighted by molar-refractivity contribution is -0.176. The van der Waals surface area contributed by atoms with Crippen molar-refractivity contribution in [2.45, 2.75) is 25.3 Å². The van der Waals surface area contributed by atoms with E-state index >= 15 is 0 Å². The van der Waals surface area contributed by atoms with Gasteiger partial charge in [0.15, 0.2) is 0 Å². The number of carboxylic acids is 1. The van der Waals surface area contributed by atoms with Crippen molar-refractivity contribution in [3.63, 3.8) is 0 Å². The van der Waals surface area contributed by atoms with Gasteiger partial charge in [-0.25, -0.2) is 0 Å². The van der Waals surface area contributed by atoms with Crippen LogP contribution in [0.15, 0.2) is 0 Å². The van der Waals surface area contributed by atoms with E-state index in [1.165, 1.54) is 0 Å². The van der Waals surface area contributed by atoms with Crippen LogP contribution in [-0.2, 0) is 4.79 Å². The number of hydrogen-bond acceptors (Lipinski definition) is 5. The first-order valence-electron chi connectivity index (χ1n) is 3.57. The highest BCUT2D eigenvalue weighted by Gasteiger charge is 2.09. The van der Waals surface area contributed by atoms with Crippen LogP contribution in [-0.4, -0.2) is 34.2 Å². The van der Waals surface area contributed by atoms with E-state index in [4.69, 9.17) is 27.1 Å². The van der Waals surface area contributed by atoms with Gasteiger partial charge < -0.3 is 16.6 Å². The highest BCUT2D eigenvalue weighted by atomic mass is 17.0. The molecule has 0 rings (SSSR count). The molecular formula is C6H16N2O4. The molecule has 0 aliphatic heterocycles. The highest BCUT2D eigenvalue weighted by Crippen LogP contribution is 1.96. The topological polar surface area (TPSA) is 130 Å². The Labute approximate surface area is 70.7 Å². The van der Waals surface area contributed by atoms with Crippen LogP contribution >= 0.6 is 0 Å². The van der Waals surface area contributed by atoms with Crippen LogP contribution < -0.4 is 11.5 Å². The summed E-state index contributed by atoms with van der Waals surface area (Å²) in [6.45, 7) is 0.604. The molecule has 0 aromatic rings. The van der Waals surface area contributed by atoms with Gasteiger partial charge in [0.2, 0.25) is 0 Å². The summed E-state index contributed by atoms with van der Waals surface area (Å²) in [5.41, 5.74) is 10.4. The molecule has 74 valence electrons. The molecule has 7 N–H and O–H groups in total. The van der Waals surface area contributed by atoms with E-state index in [1.807, 2.05) is 0 Å². The van der Waals surface area contributed by atoms with Gasteiger partial charge in [-0.3, -0.25) is 15.3 Å². The standard InChI is InChI=1S/C6H14N2O2.H2O2/c7-4-2-1-3-5(8)6(9)10;1-2/h5H,1-4,7-8H2,(H,9,10);1-2H/t5-;/m0./s1. The van der Waals surface area contributed by atoms with Gasteiger partial charge in [0.1, 0.15) is 6.04 Å². The molecule has 0 bridgehead atoms. The van der Waals surface area contributed by atoms with Crippen molar-refractivity contribution in [2.24, 2.45) is 11.5 Å². The van der Waals surface area contributed by atoms with Crippen LogP contribution in [0.1, 0.15) is 19.3 Å². The highest BCUT2D eigenvalue weighted by molar-refractivity contribution is 5.72. The molecule has 1 atom stereocenters. The molecule has 0 saturated carbocycles. The van der Waals surface area contributed by atoms with E-state index in [2.05, 4.69) is 0 Å². The van der Waals surface area contributed by atoms with Gasteiger partial charge in [-0.05, 0) is 19.4 Å². The van der Waals surface area contributed by atoms with E-state index < -0.39 is 12.0 Å². The second-order valence-corrected chi connectivity index (χ2v) is 2.23. The van der Waals surface area contributed by atoms with Crippen LogP contribution in [0.5, 0.6) is 0 Å². The maximum atomic E-state index is 10.1. The summed E-state index contributed by atoms with van der Waals surface area (Å²) in [7, 11) is 0. The number of nitrogens with two attached hydrogens (primary N) is 2. The molecule has 0 aromatic carbocycles. The fourth-order valence-corrected chi connectivity index (χ4v) is 0.632. The smallest absolute Gasteiger partial charge is 0.320 e. The summed E-state index contributed by atoms with van der Waals surface area (Å²) in [5.74, 6) is -0.933. The van der Waals surface area contributed by atoms with Crippen LogP contribution in [0.4, 0.5) is 0 Å². The Morgan fingerprint density at radius 2 is 1.83 bits per heavy atom. The minimum absolute atomic E-state index is 0.520. The minimum atomic E-state index is -0.933. The zero-order chi connectivity index (χ0) is 9.98. The molecular weight excluding hydrogens is 164 g/mol. The van der Waals surface area contributed by atoms with Crippen molar-refractivity contribution >= 4 is 5.97 Å². The van der Waals surface area contributed by atoms with Crippen LogP contribution in [0.25, 0.3) is 0 Å². The molecule has 0 spiro atoms. The van der Waals surface area contributed by atoms with Crippen molar-refractivity contribution in [3.05, 3.63) is 0 Å². The van der Waals surface area contributed by atoms with E-state index in [0.29, 0.717) is 13.0 Å². The van der Waals surface area contributed by atoms with Gasteiger partial charge in [0.25, 0.3) is 0 Å². The zero-order valence-electron chi connectivity index (χ0n) is 6.81. The van der Waals surface area contributed by atoms with Crippen molar-refractivity contribution in [1.29, 1.82) is 0 Å². The predicted octanol–water partition coefficient (Wildman–Crippen LogP) is -0.455. The van der Waals surface area contributed by atoms with Gasteiger partial charge in [-0.1, -0.05) is 6.42 Å². The predicted molar refractivity (Wildman–Crippen MR) is 43.8 cm³/mol. The van der Waals surface area contributed by atoms with E-state index in [0.717, 1.165) is 12.8 Å². The summed E-state index contributed by atoms with van der Waals surface area (Å²) in [4.78, 5) is 10.1. The molecule has 0 unspecified atom stereocenters. The van der Waals surface area contributed by atoms with E-state index in [1.54, 1.807) is 0 Å². The maximum Gasteiger partial charge on any atom is 0.320 e. The third-order valence-electron chi connectivity index (χ3n) is 1.29. The Morgan fingerprint density at radius 1 is 1.33 bits per heavy atom. The fourth-order valence-electron chi connectivity index (χ4n) is 0.632. The molecule has 12 heavy (non-hydrogen) atoms. The van der Waals surface area contributed by atoms with Crippen molar-refractivity contribution in [1.82, 2.24) is 0 Å². The number of unbranched alkanes of at least 4 members (excludes halogenated alkanes) is 1. The van der Waals surface area contributed by atoms with Gasteiger partial charge in [0, 0.05) is 0 Å². The maximum absolute atomic E-state index is 10.1. The first-order chi connectivity index (χ1) is 5.68. The number of aliphatic carboxylic acids is 1. The molecule has 0 saturated heterocycles. The lowest BCUT2D eigenvalue weighted by Crippen LogP contribution is -2.29. The van der Waals surface area contributed by atoms with Crippen molar-refractivity contribution in [2.75, 3.05) is 6.54 Å². The molecule has 0 aromatic heterocycles. The normalized spacial score (nSPS) is 11.3. The summed E-state index contributed by atoms with van der Waals surface area (Å²) < 4.78 is 0. The zero-order valence-corrected chi connectivity index (χ0v) is 6.81. The van der Waals surface area contributed by atoms with Gasteiger partial charge in [-0.2, -0.15) is 0 Å². The van der Waals surface area contributed by atoms with E-state index in [9.17, 15) is 4.79 Å². The third kappa shape index (κ3) is 9.31. The van der Waals surface area contributed by atoms with Gasteiger partial charge >= 0.3 is 5.97 Å². The first kappa shape index (κ1) is 13.9. The Bertz CT molecular complexity index is 110. The number of carboxylic acid groups (broad SMARTS) is 1. The molecule has 0 aliphatic rings. The summed E-state index contributed by atoms with van der Waals surface area (Å²) in [5, 5.41) is 20.3. The average molecular weight is 180 g/mol. The van der Waals surface area contributed by atoms with Gasteiger partial charge in [-0.15, -0.1) is 0 Å². The van der Waals surface area contributed by atoms with Crippen LogP contribution in [0, 0.1) is 0 Å². The number of carbonyl (C=O) groups is 1. The molecule has 6 heteroatoms. The van der Waals surface area contributed by atoms with Gasteiger partial charge in [0.05, 0.1) is 0 Å². The largest absolute Gasteiger partial charge is 0.480 e. The SMILES string of the molecule is NCCCC[C@H](N)C(=O)O.OO. The fraction of sp³-hybridized carbons (Fsp3) is 0.833. The lowest BCUT2D eigenvalue weighted by atomic mass is 10.1. The number of hydrogen-bond donors (Lipinski definition) is 5.